The summed E-state index contributed by atoms with van der Waals surface area (Å²) in [6.07, 6.45) is 3.56. The van der Waals surface area contributed by atoms with E-state index in [1.165, 1.54) is 14.0 Å². The van der Waals surface area contributed by atoms with Gasteiger partial charge in [0.1, 0.15) is 0 Å². The zero-order valence-corrected chi connectivity index (χ0v) is 8.92. The summed E-state index contributed by atoms with van der Waals surface area (Å²) in [5.41, 5.74) is 0.504. The highest BCUT2D eigenvalue weighted by atomic mass is 16.5. The Bertz CT molecular complexity index is 234. The molecule has 0 atom stereocenters. The maximum atomic E-state index is 11.2. The molecule has 80 valence electrons. The molecule has 0 aromatic heterocycles. The monoisotopic (exact) mass is 199 g/mol. The Morgan fingerprint density at radius 2 is 2.07 bits per heavy atom. The van der Waals surface area contributed by atoms with Crippen LogP contribution in [0.5, 0.6) is 0 Å². The molecule has 4 heteroatoms. The highest BCUT2D eigenvalue weighted by molar-refractivity contribution is 5.89. The molecule has 0 heterocycles. The second-order valence-corrected chi connectivity index (χ2v) is 2.92. The highest BCUT2D eigenvalue weighted by Crippen LogP contribution is 2.00. The van der Waals surface area contributed by atoms with E-state index in [0.29, 0.717) is 5.57 Å². The van der Waals surface area contributed by atoms with Crippen LogP contribution < -0.4 is 5.32 Å². The van der Waals surface area contributed by atoms with Gasteiger partial charge in [-0.2, -0.15) is 0 Å². The van der Waals surface area contributed by atoms with Gasteiger partial charge in [0.05, 0.1) is 12.7 Å². The van der Waals surface area contributed by atoms with Crippen LogP contribution >= 0.6 is 0 Å². The number of hydrogen-bond acceptors (Lipinski definition) is 3. The lowest BCUT2D eigenvalue weighted by Crippen LogP contribution is -2.25. The van der Waals surface area contributed by atoms with Crippen molar-refractivity contribution in [1.82, 2.24) is 5.32 Å². The average Bonchev–Trinajstić information content (AvgIpc) is 2.16. The van der Waals surface area contributed by atoms with Crippen LogP contribution in [0.2, 0.25) is 0 Å². The van der Waals surface area contributed by atoms with Crippen LogP contribution in [0.3, 0.4) is 0 Å². The molecule has 0 spiro atoms. The Morgan fingerprint density at radius 3 is 2.50 bits per heavy atom. The first-order valence-electron chi connectivity index (χ1n) is 4.63. The fourth-order valence-electron chi connectivity index (χ4n) is 0.897. The normalized spacial score (nSPS) is 10.9. The van der Waals surface area contributed by atoms with E-state index in [1.807, 2.05) is 6.92 Å². The first-order chi connectivity index (χ1) is 6.61. The third kappa shape index (κ3) is 5.35. The predicted octanol–water partition coefficient (Wildman–Crippen LogP) is 1.02. The van der Waals surface area contributed by atoms with Gasteiger partial charge < -0.3 is 10.1 Å². The van der Waals surface area contributed by atoms with Crippen LogP contribution in [-0.4, -0.2) is 25.5 Å². The van der Waals surface area contributed by atoms with E-state index in [4.69, 9.17) is 0 Å². The van der Waals surface area contributed by atoms with Crippen LogP contribution in [0.4, 0.5) is 0 Å². The molecule has 14 heavy (non-hydrogen) atoms. The molecule has 0 bridgehead atoms. The minimum atomic E-state index is -0.382. The molecule has 0 unspecified atom stereocenters. The number of amides is 1. The van der Waals surface area contributed by atoms with Gasteiger partial charge in [-0.25, -0.2) is 4.79 Å². The molecule has 0 aliphatic carbocycles. The van der Waals surface area contributed by atoms with Gasteiger partial charge in [0.25, 0.3) is 0 Å². The van der Waals surface area contributed by atoms with Crippen molar-refractivity contribution in [3.63, 3.8) is 0 Å². The number of ether oxygens (including phenoxy) is 1. The SMILES string of the molecule is CCC/C=C(/CNC(C)=O)C(=O)OC. The van der Waals surface area contributed by atoms with E-state index in [0.717, 1.165) is 12.8 Å². The first kappa shape index (κ1) is 12.7. The van der Waals surface area contributed by atoms with Gasteiger partial charge in [0.2, 0.25) is 5.91 Å². The maximum Gasteiger partial charge on any atom is 0.335 e. The summed E-state index contributed by atoms with van der Waals surface area (Å²) >= 11 is 0. The Labute approximate surface area is 84.3 Å². The minimum absolute atomic E-state index is 0.156. The molecule has 0 aromatic carbocycles. The van der Waals surface area contributed by atoms with Crippen molar-refractivity contribution in [1.29, 1.82) is 0 Å². The van der Waals surface area contributed by atoms with Gasteiger partial charge in [-0.3, -0.25) is 4.79 Å². The number of rotatable bonds is 5. The Morgan fingerprint density at radius 1 is 1.43 bits per heavy atom. The van der Waals surface area contributed by atoms with Crippen molar-refractivity contribution in [3.8, 4) is 0 Å². The lowest BCUT2D eigenvalue weighted by molar-refractivity contribution is -0.136. The van der Waals surface area contributed by atoms with Crippen molar-refractivity contribution in [3.05, 3.63) is 11.6 Å². The van der Waals surface area contributed by atoms with Crippen LogP contribution in [0.15, 0.2) is 11.6 Å². The molecule has 4 nitrogen and oxygen atoms in total. The second-order valence-electron chi connectivity index (χ2n) is 2.92. The largest absolute Gasteiger partial charge is 0.466 e. The first-order valence-corrected chi connectivity index (χ1v) is 4.63. The molecule has 0 aliphatic rings. The van der Waals surface area contributed by atoms with Gasteiger partial charge in [0.15, 0.2) is 0 Å². The molecule has 0 saturated heterocycles. The molecule has 1 amide bonds. The van der Waals surface area contributed by atoms with E-state index in [1.54, 1.807) is 6.08 Å². The number of nitrogens with one attached hydrogen (secondary N) is 1. The fourth-order valence-corrected chi connectivity index (χ4v) is 0.897. The summed E-state index contributed by atoms with van der Waals surface area (Å²) in [4.78, 5) is 21.8. The lowest BCUT2D eigenvalue weighted by atomic mass is 10.2. The smallest absolute Gasteiger partial charge is 0.335 e. The molecular formula is C10H17NO3. The number of unbranched alkanes of at least 4 members (excludes halogenated alkanes) is 1. The molecule has 0 aliphatic heterocycles. The van der Waals surface area contributed by atoms with Crippen molar-refractivity contribution in [2.45, 2.75) is 26.7 Å². The molecule has 0 saturated carbocycles. The van der Waals surface area contributed by atoms with Crippen LogP contribution in [0, 0.1) is 0 Å². The molecule has 0 radical (unpaired) electrons. The fraction of sp³-hybridized carbons (Fsp3) is 0.600. The quantitative estimate of drug-likeness (QED) is 0.531. The van der Waals surface area contributed by atoms with Crippen LogP contribution in [-0.2, 0) is 14.3 Å². The summed E-state index contributed by atoms with van der Waals surface area (Å²) in [6.45, 7) is 3.67. The minimum Gasteiger partial charge on any atom is -0.466 e. The molecular weight excluding hydrogens is 182 g/mol. The second kappa shape index (κ2) is 7.12. The predicted molar refractivity (Wildman–Crippen MR) is 53.7 cm³/mol. The van der Waals surface area contributed by atoms with Crippen molar-refractivity contribution in [2.24, 2.45) is 0 Å². The van der Waals surface area contributed by atoms with Gasteiger partial charge in [-0.1, -0.05) is 19.4 Å². The van der Waals surface area contributed by atoms with E-state index in [9.17, 15) is 9.59 Å². The number of hydrogen-bond donors (Lipinski definition) is 1. The van der Waals surface area contributed by atoms with Gasteiger partial charge >= 0.3 is 5.97 Å². The summed E-state index contributed by atoms with van der Waals surface area (Å²) in [5, 5.41) is 2.56. The Balaban J connectivity index is 4.24. The highest BCUT2D eigenvalue weighted by Gasteiger charge is 2.08. The van der Waals surface area contributed by atoms with Gasteiger partial charge in [-0.15, -0.1) is 0 Å². The number of esters is 1. The Kier molecular flexibility index (Phi) is 6.45. The zero-order valence-electron chi connectivity index (χ0n) is 8.92. The average molecular weight is 199 g/mol. The molecule has 1 N–H and O–H groups in total. The standard InChI is InChI=1S/C10H17NO3/c1-4-5-6-9(10(13)14-3)7-11-8(2)12/h6H,4-5,7H2,1-3H3,(H,11,12)/b9-6-. The van der Waals surface area contributed by atoms with Crippen molar-refractivity contribution >= 4 is 11.9 Å². The van der Waals surface area contributed by atoms with E-state index in [-0.39, 0.29) is 18.4 Å². The summed E-state index contributed by atoms with van der Waals surface area (Å²) < 4.78 is 4.58. The summed E-state index contributed by atoms with van der Waals surface area (Å²) in [7, 11) is 1.33. The third-order valence-corrected chi connectivity index (χ3v) is 1.65. The third-order valence-electron chi connectivity index (χ3n) is 1.65. The number of carbonyl (C=O) groups is 2. The van der Waals surface area contributed by atoms with E-state index >= 15 is 0 Å². The summed E-state index contributed by atoms with van der Waals surface area (Å²) in [6, 6.07) is 0. The molecule has 0 fully saturated rings. The van der Waals surface area contributed by atoms with E-state index in [2.05, 4.69) is 10.1 Å². The van der Waals surface area contributed by atoms with Crippen LogP contribution in [0.1, 0.15) is 26.7 Å². The van der Waals surface area contributed by atoms with Gasteiger partial charge in [-0.05, 0) is 6.42 Å². The Hall–Kier alpha value is -1.32. The maximum absolute atomic E-state index is 11.2. The van der Waals surface area contributed by atoms with Crippen molar-refractivity contribution in [2.75, 3.05) is 13.7 Å². The number of carbonyl (C=O) groups excluding carboxylic acids is 2. The zero-order chi connectivity index (χ0) is 11.0. The lowest BCUT2D eigenvalue weighted by Gasteiger charge is -2.05. The number of allylic oxidation sites excluding steroid dienone is 1. The van der Waals surface area contributed by atoms with Crippen molar-refractivity contribution < 1.29 is 14.3 Å². The number of methoxy groups -OCH3 is 1. The topological polar surface area (TPSA) is 55.4 Å². The molecule has 0 aromatic rings. The van der Waals surface area contributed by atoms with Crippen LogP contribution in [0.25, 0.3) is 0 Å². The van der Waals surface area contributed by atoms with Gasteiger partial charge in [0, 0.05) is 13.5 Å². The summed E-state index contributed by atoms with van der Waals surface area (Å²) in [5.74, 6) is -0.538. The van der Waals surface area contributed by atoms with E-state index < -0.39 is 0 Å². The molecule has 0 rings (SSSR count).